The van der Waals surface area contributed by atoms with Crippen molar-refractivity contribution < 1.29 is 35.4 Å². The van der Waals surface area contributed by atoms with Gasteiger partial charge in [0.1, 0.15) is 18.3 Å². The van der Waals surface area contributed by atoms with Crippen molar-refractivity contribution in [3.8, 4) is 0 Å². The van der Waals surface area contributed by atoms with Crippen molar-refractivity contribution in [3.05, 3.63) is 0 Å². The van der Waals surface area contributed by atoms with Crippen molar-refractivity contribution in [2.45, 2.75) is 30.4 Å². The molecular formula is C6H12O7. The predicted molar refractivity (Wildman–Crippen MR) is 37.1 cm³/mol. The van der Waals surface area contributed by atoms with Gasteiger partial charge in [-0.05, 0) is 0 Å². The minimum Gasteiger partial charge on any atom is -0.394 e. The Morgan fingerprint density at radius 3 is 2.15 bits per heavy atom. The van der Waals surface area contributed by atoms with Gasteiger partial charge in [0.15, 0.2) is 0 Å². The lowest BCUT2D eigenvalue weighted by molar-refractivity contribution is -0.281. The molecule has 0 spiro atoms. The van der Waals surface area contributed by atoms with E-state index in [4.69, 9.17) is 30.6 Å². The molecule has 0 bridgehead atoms. The molecule has 0 aromatic carbocycles. The quantitative estimate of drug-likeness (QED) is 0.249. The number of aliphatic hydroxyl groups is 6. The van der Waals surface area contributed by atoms with E-state index in [0.29, 0.717) is 0 Å². The average Bonchev–Trinajstić information content (AvgIpc) is 2.28. The molecule has 13 heavy (non-hydrogen) atoms. The molecule has 1 saturated heterocycles. The SMILES string of the molecule is OC[C@@H](O)[C@@H]1O[C@H](O)C(O)(O)[C@H]1O. The Morgan fingerprint density at radius 1 is 1.31 bits per heavy atom. The second-order valence-electron chi connectivity index (χ2n) is 2.93. The largest absolute Gasteiger partial charge is 0.394 e. The van der Waals surface area contributed by atoms with Crippen LogP contribution < -0.4 is 0 Å². The average molecular weight is 196 g/mol. The smallest absolute Gasteiger partial charge is 0.245 e. The van der Waals surface area contributed by atoms with Crippen LogP contribution in [0.3, 0.4) is 0 Å². The van der Waals surface area contributed by atoms with Crippen LogP contribution in [0.15, 0.2) is 0 Å². The van der Waals surface area contributed by atoms with E-state index in [1.165, 1.54) is 0 Å². The maximum Gasteiger partial charge on any atom is 0.245 e. The van der Waals surface area contributed by atoms with Crippen LogP contribution in [0, 0.1) is 0 Å². The fourth-order valence-corrected chi connectivity index (χ4v) is 1.12. The summed E-state index contributed by atoms with van der Waals surface area (Å²) in [5.74, 6) is -2.82. The van der Waals surface area contributed by atoms with Crippen LogP contribution in [0.4, 0.5) is 0 Å². The molecule has 1 aliphatic heterocycles. The third-order valence-corrected chi connectivity index (χ3v) is 1.96. The molecule has 0 saturated carbocycles. The molecule has 1 rings (SSSR count). The van der Waals surface area contributed by atoms with E-state index in [-0.39, 0.29) is 0 Å². The Bertz CT molecular complexity index is 182. The molecule has 4 atom stereocenters. The van der Waals surface area contributed by atoms with Crippen LogP contribution in [0.5, 0.6) is 0 Å². The minimum absolute atomic E-state index is 0.718. The van der Waals surface area contributed by atoms with Gasteiger partial charge in [-0.15, -0.1) is 0 Å². The van der Waals surface area contributed by atoms with Crippen LogP contribution in [0.1, 0.15) is 0 Å². The zero-order chi connectivity index (χ0) is 10.2. The van der Waals surface area contributed by atoms with E-state index in [0.717, 1.165) is 0 Å². The summed E-state index contributed by atoms with van der Waals surface area (Å²) in [6.07, 6.45) is -6.78. The lowest BCUT2D eigenvalue weighted by Crippen LogP contribution is -2.50. The van der Waals surface area contributed by atoms with Gasteiger partial charge in [0, 0.05) is 0 Å². The van der Waals surface area contributed by atoms with Gasteiger partial charge < -0.3 is 35.4 Å². The highest BCUT2D eigenvalue weighted by molar-refractivity contribution is 4.94. The maximum atomic E-state index is 9.13. The minimum atomic E-state index is -2.82. The lowest BCUT2D eigenvalue weighted by Gasteiger charge is -2.22. The Morgan fingerprint density at radius 2 is 1.85 bits per heavy atom. The van der Waals surface area contributed by atoms with Crippen molar-refractivity contribution in [3.63, 3.8) is 0 Å². The first kappa shape index (κ1) is 10.8. The van der Waals surface area contributed by atoms with Crippen molar-refractivity contribution in [2.75, 3.05) is 6.61 Å². The van der Waals surface area contributed by atoms with Gasteiger partial charge in [0.25, 0.3) is 0 Å². The normalized spacial score (nSPS) is 40.6. The lowest BCUT2D eigenvalue weighted by atomic mass is 10.0. The summed E-state index contributed by atoms with van der Waals surface area (Å²) in [4.78, 5) is 0. The molecule has 6 N–H and O–H groups in total. The first-order valence-corrected chi connectivity index (χ1v) is 3.66. The Kier molecular flexibility index (Phi) is 2.88. The maximum absolute atomic E-state index is 9.13. The van der Waals surface area contributed by atoms with Crippen molar-refractivity contribution in [1.29, 1.82) is 0 Å². The first-order chi connectivity index (χ1) is 5.91. The molecule has 0 aromatic heterocycles. The number of hydrogen-bond donors (Lipinski definition) is 6. The Labute approximate surface area is 73.4 Å². The molecule has 1 heterocycles. The summed E-state index contributed by atoms with van der Waals surface area (Å²) in [6, 6.07) is 0. The van der Waals surface area contributed by atoms with Gasteiger partial charge in [-0.2, -0.15) is 0 Å². The second-order valence-corrected chi connectivity index (χ2v) is 2.93. The van der Waals surface area contributed by atoms with Crippen LogP contribution >= 0.6 is 0 Å². The molecule has 78 valence electrons. The van der Waals surface area contributed by atoms with Crippen molar-refractivity contribution in [1.82, 2.24) is 0 Å². The molecule has 0 aromatic rings. The van der Waals surface area contributed by atoms with Gasteiger partial charge >= 0.3 is 0 Å². The van der Waals surface area contributed by atoms with Gasteiger partial charge in [-0.25, -0.2) is 0 Å². The molecule has 0 radical (unpaired) electrons. The van der Waals surface area contributed by atoms with E-state index in [9.17, 15) is 0 Å². The molecule has 0 aliphatic carbocycles. The molecule has 0 unspecified atom stereocenters. The molecule has 7 nitrogen and oxygen atoms in total. The first-order valence-electron chi connectivity index (χ1n) is 3.66. The van der Waals surface area contributed by atoms with Crippen LogP contribution in [-0.4, -0.2) is 67.6 Å². The van der Waals surface area contributed by atoms with Crippen LogP contribution in [0.2, 0.25) is 0 Å². The highest BCUT2D eigenvalue weighted by atomic mass is 16.7. The fourth-order valence-electron chi connectivity index (χ4n) is 1.12. The molecule has 7 heteroatoms. The summed E-state index contributed by atoms with van der Waals surface area (Å²) >= 11 is 0. The zero-order valence-electron chi connectivity index (χ0n) is 6.61. The third-order valence-electron chi connectivity index (χ3n) is 1.96. The molecule has 1 fully saturated rings. The summed E-state index contributed by atoms with van der Waals surface area (Å²) in [5.41, 5.74) is 0. The zero-order valence-corrected chi connectivity index (χ0v) is 6.61. The highest BCUT2D eigenvalue weighted by Crippen LogP contribution is 2.29. The van der Waals surface area contributed by atoms with Gasteiger partial charge in [-0.3, -0.25) is 0 Å². The van der Waals surface area contributed by atoms with E-state index in [2.05, 4.69) is 4.74 Å². The number of rotatable bonds is 2. The summed E-state index contributed by atoms with van der Waals surface area (Å²) in [6.45, 7) is -0.718. The predicted octanol–water partition coefficient (Wildman–Crippen LogP) is -3.90. The molecule has 0 amide bonds. The van der Waals surface area contributed by atoms with Crippen LogP contribution in [0.25, 0.3) is 0 Å². The fraction of sp³-hybridized carbons (Fsp3) is 1.00. The van der Waals surface area contributed by atoms with Crippen molar-refractivity contribution >= 4 is 0 Å². The summed E-state index contributed by atoms with van der Waals surface area (Å²) in [7, 11) is 0. The van der Waals surface area contributed by atoms with E-state index >= 15 is 0 Å². The van der Waals surface area contributed by atoms with E-state index < -0.39 is 37.0 Å². The van der Waals surface area contributed by atoms with E-state index in [1.807, 2.05) is 0 Å². The number of ether oxygens (including phenoxy) is 1. The van der Waals surface area contributed by atoms with Crippen molar-refractivity contribution in [2.24, 2.45) is 0 Å². The number of aliphatic hydroxyl groups excluding tert-OH is 4. The second kappa shape index (κ2) is 3.46. The Hall–Kier alpha value is -0.280. The summed E-state index contributed by atoms with van der Waals surface area (Å²) in [5, 5.41) is 53.5. The van der Waals surface area contributed by atoms with E-state index in [1.54, 1.807) is 0 Å². The van der Waals surface area contributed by atoms with Gasteiger partial charge in [0.05, 0.1) is 6.61 Å². The Balaban J connectivity index is 2.73. The standard InChI is InChI=1S/C6H12O7/c7-1-2(8)3-4(9)6(11,12)5(10)13-3/h2-5,7-12H,1H2/t2-,3+,4+,5+/m1/s1. The molecular weight excluding hydrogens is 184 g/mol. The third kappa shape index (κ3) is 1.67. The van der Waals surface area contributed by atoms with Gasteiger partial charge in [0.2, 0.25) is 12.1 Å². The monoisotopic (exact) mass is 196 g/mol. The van der Waals surface area contributed by atoms with Gasteiger partial charge in [-0.1, -0.05) is 0 Å². The number of hydrogen-bond acceptors (Lipinski definition) is 7. The topological polar surface area (TPSA) is 131 Å². The highest BCUT2D eigenvalue weighted by Gasteiger charge is 2.56. The van der Waals surface area contributed by atoms with Crippen LogP contribution in [-0.2, 0) is 4.74 Å². The summed E-state index contributed by atoms with van der Waals surface area (Å²) < 4.78 is 4.44. The molecule has 1 aliphatic rings.